The third-order valence-corrected chi connectivity index (χ3v) is 1.48. The van der Waals surface area contributed by atoms with E-state index in [1.54, 1.807) is 0 Å². The fourth-order valence-corrected chi connectivity index (χ4v) is 0.882. The van der Waals surface area contributed by atoms with Crippen LogP contribution in [0.2, 0.25) is 0 Å². The van der Waals surface area contributed by atoms with Gasteiger partial charge in [0.2, 0.25) is 0 Å². The summed E-state index contributed by atoms with van der Waals surface area (Å²) in [4.78, 5) is 10.6. The molecule has 0 fully saturated rings. The van der Waals surface area contributed by atoms with Crippen LogP contribution in [-0.2, 0) is 14.3 Å². The predicted molar refractivity (Wildman–Crippen MR) is 36.6 cm³/mol. The van der Waals surface area contributed by atoms with Crippen molar-refractivity contribution in [2.75, 3.05) is 19.5 Å². The molecule has 1 atom stereocenters. The Morgan fingerprint density at radius 2 is 2.22 bits per heavy atom. The number of carbonyl (C=O) groups excluding carboxylic acids is 1. The third-order valence-electron chi connectivity index (χ3n) is 0.889. The Labute approximate surface area is 62.5 Å². The lowest BCUT2D eigenvalue weighted by atomic mass is 10.4. The van der Waals surface area contributed by atoms with Crippen molar-refractivity contribution in [3.8, 4) is 0 Å². The second-order valence-electron chi connectivity index (χ2n) is 1.40. The maximum atomic E-state index is 10.6. The number of ether oxygens (including phenoxy) is 2. The first-order valence-electron chi connectivity index (χ1n) is 2.42. The van der Waals surface area contributed by atoms with Crippen LogP contribution in [-0.4, -0.2) is 31.6 Å². The largest absolute Gasteiger partial charge is 0.467 e. The Balaban J connectivity index is 3.64. The van der Waals surface area contributed by atoms with Crippen molar-refractivity contribution < 1.29 is 14.3 Å². The van der Waals surface area contributed by atoms with Crippen molar-refractivity contribution in [1.29, 1.82) is 0 Å². The molecule has 0 rings (SSSR count). The fraction of sp³-hybridized carbons (Fsp3) is 0.800. The van der Waals surface area contributed by atoms with Crippen LogP contribution in [0.15, 0.2) is 0 Å². The van der Waals surface area contributed by atoms with Crippen molar-refractivity contribution in [2.45, 2.75) is 6.10 Å². The predicted octanol–water partition coefficient (Wildman–Crippen LogP) is 0.569. The molecule has 1 unspecified atom stereocenters. The fourth-order valence-electron chi connectivity index (χ4n) is 0.354. The van der Waals surface area contributed by atoms with Gasteiger partial charge >= 0.3 is 5.97 Å². The van der Waals surface area contributed by atoms with Crippen LogP contribution in [0.5, 0.6) is 0 Å². The van der Waals surface area contributed by atoms with Crippen LogP contribution in [0, 0.1) is 0 Å². The molecule has 0 saturated carbocycles. The molecule has 0 aromatic heterocycles. The van der Waals surface area contributed by atoms with Crippen molar-refractivity contribution in [3.63, 3.8) is 0 Å². The zero-order valence-corrected chi connectivity index (χ0v) is 6.97. The molecule has 0 aliphatic carbocycles. The van der Waals surface area contributed by atoms with Gasteiger partial charge in [0.25, 0.3) is 0 Å². The molecular weight excluding hydrogens is 188 g/mol. The summed E-state index contributed by atoms with van der Waals surface area (Å²) in [7, 11) is 2.79. The average Bonchev–Trinajstić information content (AvgIpc) is 1.90. The minimum Gasteiger partial charge on any atom is -0.467 e. The van der Waals surface area contributed by atoms with Gasteiger partial charge in [-0.05, 0) is 0 Å². The number of esters is 1. The highest BCUT2D eigenvalue weighted by Gasteiger charge is 2.15. The lowest BCUT2D eigenvalue weighted by molar-refractivity contribution is -0.150. The van der Waals surface area contributed by atoms with E-state index < -0.39 is 6.10 Å². The Morgan fingerprint density at radius 1 is 1.67 bits per heavy atom. The second-order valence-corrected chi connectivity index (χ2v) is 2.05. The van der Waals surface area contributed by atoms with Gasteiger partial charge in [-0.2, -0.15) is 0 Å². The van der Waals surface area contributed by atoms with Crippen molar-refractivity contribution >= 4 is 21.9 Å². The summed E-state index contributed by atoms with van der Waals surface area (Å²) in [6.07, 6.45) is -0.477. The summed E-state index contributed by atoms with van der Waals surface area (Å²) < 4.78 is 9.13. The summed E-state index contributed by atoms with van der Waals surface area (Å²) in [5.74, 6) is -0.352. The van der Waals surface area contributed by atoms with Gasteiger partial charge in [0.15, 0.2) is 6.10 Å². The van der Waals surface area contributed by atoms with Crippen molar-refractivity contribution in [2.24, 2.45) is 0 Å². The monoisotopic (exact) mass is 196 g/mol. The molecule has 0 heterocycles. The average molecular weight is 197 g/mol. The SMILES string of the molecule is COC(=O)C(CBr)OC. The van der Waals surface area contributed by atoms with Gasteiger partial charge in [-0.1, -0.05) is 15.9 Å². The molecule has 4 heteroatoms. The van der Waals surface area contributed by atoms with E-state index in [1.807, 2.05) is 0 Å². The first-order chi connectivity index (χ1) is 4.26. The van der Waals surface area contributed by atoms with Crippen LogP contribution in [0.3, 0.4) is 0 Å². The Morgan fingerprint density at radius 3 is 2.33 bits per heavy atom. The minimum atomic E-state index is -0.477. The molecule has 0 N–H and O–H groups in total. The number of hydrogen-bond donors (Lipinski definition) is 0. The molecule has 3 nitrogen and oxygen atoms in total. The molecule has 0 saturated heterocycles. The van der Waals surface area contributed by atoms with Gasteiger partial charge < -0.3 is 9.47 Å². The quantitative estimate of drug-likeness (QED) is 0.490. The Hall–Kier alpha value is -0.0900. The zero-order chi connectivity index (χ0) is 7.28. The van der Waals surface area contributed by atoms with Gasteiger partial charge in [-0.15, -0.1) is 0 Å². The summed E-state index contributed by atoms with van der Waals surface area (Å²) in [5, 5.41) is 0.468. The second kappa shape index (κ2) is 4.76. The first-order valence-corrected chi connectivity index (χ1v) is 3.55. The maximum absolute atomic E-state index is 10.6. The lowest BCUT2D eigenvalue weighted by Gasteiger charge is -2.07. The van der Waals surface area contributed by atoms with Crippen molar-refractivity contribution in [3.05, 3.63) is 0 Å². The van der Waals surface area contributed by atoms with Crippen molar-refractivity contribution in [1.82, 2.24) is 0 Å². The molecule has 9 heavy (non-hydrogen) atoms. The summed E-state index contributed by atoms with van der Waals surface area (Å²) in [6.45, 7) is 0. The van der Waals surface area contributed by atoms with Gasteiger partial charge in [0.05, 0.1) is 7.11 Å². The number of hydrogen-bond acceptors (Lipinski definition) is 3. The summed E-state index contributed by atoms with van der Waals surface area (Å²) in [5.41, 5.74) is 0. The van der Waals surface area contributed by atoms with E-state index in [1.165, 1.54) is 14.2 Å². The van der Waals surface area contributed by atoms with Crippen LogP contribution in [0.25, 0.3) is 0 Å². The van der Waals surface area contributed by atoms with E-state index >= 15 is 0 Å². The molecule has 0 aliphatic heterocycles. The first kappa shape index (κ1) is 8.91. The van der Waals surface area contributed by atoms with E-state index in [-0.39, 0.29) is 5.97 Å². The van der Waals surface area contributed by atoms with E-state index in [0.717, 1.165) is 0 Å². The Bertz CT molecular complexity index is 90.2. The molecule has 54 valence electrons. The number of rotatable bonds is 3. The highest BCUT2D eigenvalue weighted by Crippen LogP contribution is 1.96. The van der Waals surface area contributed by atoms with Gasteiger partial charge in [-0.3, -0.25) is 0 Å². The van der Waals surface area contributed by atoms with Gasteiger partial charge in [0.1, 0.15) is 0 Å². The van der Waals surface area contributed by atoms with Crippen LogP contribution < -0.4 is 0 Å². The third kappa shape index (κ3) is 2.81. The highest BCUT2D eigenvalue weighted by atomic mass is 79.9. The topological polar surface area (TPSA) is 35.5 Å². The normalized spacial score (nSPS) is 12.8. The van der Waals surface area contributed by atoms with E-state index in [9.17, 15) is 4.79 Å². The molecule has 0 aromatic rings. The number of alkyl halides is 1. The van der Waals surface area contributed by atoms with Crippen LogP contribution >= 0.6 is 15.9 Å². The minimum absolute atomic E-state index is 0.352. The van der Waals surface area contributed by atoms with E-state index in [4.69, 9.17) is 4.74 Å². The lowest BCUT2D eigenvalue weighted by Crippen LogP contribution is -2.25. The zero-order valence-electron chi connectivity index (χ0n) is 5.39. The molecule has 0 spiro atoms. The molecule has 0 radical (unpaired) electrons. The highest BCUT2D eigenvalue weighted by molar-refractivity contribution is 9.09. The standard InChI is InChI=1S/C5H9BrO3/c1-8-4(3-6)5(7)9-2/h4H,3H2,1-2H3. The number of halogens is 1. The Kier molecular flexibility index (Phi) is 4.71. The molecular formula is C5H9BrO3. The molecule has 0 bridgehead atoms. The smallest absolute Gasteiger partial charge is 0.335 e. The molecule has 0 amide bonds. The molecule has 0 aliphatic rings. The maximum Gasteiger partial charge on any atom is 0.335 e. The summed E-state index contributed by atoms with van der Waals surface area (Å²) in [6, 6.07) is 0. The van der Waals surface area contributed by atoms with Crippen LogP contribution in [0.1, 0.15) is 0 Å². The van der Waals surface area contributed by atoms with E-state index in [0.29, 0.717) is 5.33 Å². The number of carbonyl (C=O) groups is 1. The van der Waals surface area contributed by atoms with Gasteiger partial charge in [0, 0.05) is 12.4 Å². The van der Waals surface area contributed by atoms with Gasteiger partial charge in [-0.25, -0.2) is 4.79 Å². The summed E-state index contributed by atoms with van der Waals surface area (Å²) >= 11 is 3.09. The molecule has 0 aromatic carbocycles. The number of methoxy groups -OCH3 is 2. The van der Waals surface area contributed by atoms with E-state index in [2.05, 4.69) is 20.7 Å². The van der Waals surface area contributed by atoms with Crippen LogP contribution in [0.4, 0.5) is 0 Å².